The monoisotopic (exact) mass is 268 g/mol. The number of hydrogen-bond acceptors (Lipinski definition) is 2. The molecule has 3 nitrogen and oxygen atoms in total. The number of ether oxygens (including phenoxy) is 1. The molecule has 1 heterocycles. The van der Waals surface area contributed by atoms with E-state index in [0.717, 1.165) is 16.7 Å². The molecule has 1 aliphatic rings. The highest BCUT2D eigenvalue weighted by molar-refractivity contribution is 5.82. The van der Waals surface area contributed by atoms with Gasteiger partial charge in [0.25, 0.3) is 0 Å². The van der Waals surface area contributed by atoms with Crippen molar-refractivity contribution in [2.24, 2.45) is 0 Å². The van der Waals surface area contributed by atoms with E-state index in [-0.39, 0.29) is 6.61 Å². The Kier molecular flexibility index (Phi) is 3.28. The number of rotatable bonds is 3. The Bertz CT molecular complexity index is 596. The summed E-state index contributed by atoms with van der Waals surface area (Å²) in [6, 6.07) is 17.8. The second-order valence-electron chi connectivity index (χ2n) is 5.13. The first-order valence-corrected chi connectivity index (χ1v) is 6.69. The molecule has 1 fully saturated rings. The molecular formula is C17H16O3. The average Bonchev–Trinajstić information content (AvgIpc) is 2.99. The van der Waals surface area contributed by atoms with Crippen LogP contribution in [-0.4, -0.2) is 24.3 Å². The van der Waals surface area contributed by atoms with Crippen LogP contribution >= 0.6 is 0 Å². The van der Waals surface area contributed by atoms with Crippen LogP contribution in [0, 0.1) is 0 Å². The molecule has 20 heavy (non-hydrogen) atoms. The fraction of sp³-hybridized carbons (Fsp3) is 0.235. The van der Waals surface area contributed by atoms with Gasteiger partial charge in [0, 0.05) is 6.61 Å². The van der Waals surface area contributed by atoms with Crippen molar-refractivity contribution in [3.63, 3.8) is 0 Å². The summed E-state index contributed by atoms with van der Waals surface area (Å²) in [4.78, 5) is 11.6. The molecule has 1 N–H and O–H groups in total. The van der Waals surface area contributed by atoms with Crippen LogP contribution < -0.4 is 0 Å². The molecule has 0 amide bonds. The Balaban J connectivity index is 1.95. The van der Waals surface area contributed by atoms with Crippen LogP contribution in [0.25, 0.3) is 11.1 Å². The molecule has 0 bridgehead atoms. The maximum atomic E-state index is 11.6. The molecule has 1 aliphatic heterocycles. The molecule has 1 unspecified atom stereocenters. The molecule has 1 atom stereocenters. The van der Waals surface area contributed by atoms with Gasteiger partial charge < -0.3 is 9.84 Å². The van der Waals surface area contributed by atoms with Gasteiger partial charge in [-0.1, -0.05) is 54.6 Å². The summed E-state index contributed by atoms with van der Waals surface area (Å²) < 4.78 is 5.31. The third kappa shape index (κ3) is 2.10. The van der Waals surface area contributed by atoms with E-state index >= 15 is 0 Å². The van der Waals surface area contributed by atoms with Crippen molar-refractivity contribution < 1.29 is 14.6 Å². The second-order valence-corrected chi connectivity index (χ2v) is 5.13. The van der Waals surface area contributed by atoms with Gasteiger partial charge >= 0.3 is 5.97 Å². The van der Waals surface area contributed by atoms with Gasteiger partial charge in [-0.05, 0) is 23.1 Å². The van der Waals surface area contributed by atoms with Crippen molar-refractivity contribution in [2.75, 3.05) is 13.2 Å². The summed E-state index contributed by atoms with van der Waals surface area (Å²) in [5, 5.41) is 9.52. The van der Waals surface area contributed by atoms with Gasteiger partial charge in [0.1, 0.15) is 5.41 Å². The maximum absolute atomic E-state index is 11.6. The first-order chi connectivity index (χ1) is 9.72. The minimum Gasteiger partial charge on any atom is -0.481 e. The SMILES string of the molecule is O=C(O)C1(c2ccc(-c3ccccc3)cc2)CCOC1. The topological polar surface area (TPSA) is 46.5 Å². The smallest absolute Gasteiger partial charge is 0.316 e. The molecule has 2 aromatic carbocycles. The summed E-state index contributed by atoms with van der Waals surface area (Å²) in [5.74, 6) is -0.803. The minimum atomic E-state index is -0.880. The summed E-state index contributed by atoms with van der Waals surface area (Å²) in [6.07, 6.45) is 0.535. The Morgan fingerprint density at radius 3 is 2.20 bits per heavy atom. The van der Waals surface area contributed by atoms with Crippen LogP contribution in [0.4, 0.5) is 0 Å². The van der Waals surface area contributed by atoms with Crippen molar-refractivity contribution in [3.05, 3.63) is 60.2 Å². The highest BCUT2D eigenvalue weighted by Crippen LogP contribution is 2.34. The Labute approximate surface area is 117 Å². The third-order valence-corrected chi connectivity index (χ3v) is 3.98. The number of benzene rings is 2. The predicted molar refractivity (Wildman–Crippen MR) is 76.6 cm³/mol. The molecule has 3 rings (SSSR count). The molecule has 0 saturated carbocycles. The van der Waals surface area contributed by atoms with Crippen molar-refractivity contribution >= 4 is 5.97 Å². The van der Waals surface area contributed by atoms with Crippen molar-refractivity contribution in [2.45, 2.75) is 11.8 Å². The van der Waals surface area contributed by atoms with Crippen molar-refractivity contribution in [3.8, 4) is 11.1 Å². The van der Waals surface area contributed by atoms with Crippen LogP contribution in [0.1, 0.15) is 12.0 Å². The van der Waals surface area contributed by atoms with Gasteiger partial charge in [0.15, 0.2) is 0 Å². The van der Waals surface area contributed by atoms with Gasteiger partial charge in [0.05, 0.1) is 6.61 Å². The zero-order valence-corrected chi connectivity index (χ0v) is 11.1. The zero-order valence-electron chi connectivity index (χ0n) is 11.1. The molecule has 0 aliphatic carbocycles. The van der Waals surface area contributed by atoms with Gasteiger partial charge in [-0.2, -0.15) is 0 Å². The molecule has 0 aromatic heterocycles. The van der Waals surface area contributed by atoms with E-state index in [9.17, 15) is 9.90 Å². The molecular weight excluding hydrogens is 252 g/mol. The number of carboxylic acids is 1. The molecule has 1 saturated heterocycles. The first-order valence-electron chi connectivity index (χ1n) is 6.69. The third-order valence-electron chi connectivity index (χ3n) is 3.98. The van der Waals surface area contributed by atoms with E-state index in [2.05, 4.69) is 0 Å². The Morgan fingerprint density at radius 1 is 1.00 bits per heavy atom. The standard InChI is InChI=1S/C17H16O3/c18-16(19)17(10-11-20-12-17)15-8-6-14(7-9-15)13-4-2-1-3-5-13/h1-9H,10-12H2,(H,18,19). The molecule has 102 valence electrons. The van der Waals surface area contributed by atoms with Gasteiger partial charge in [0.2, 0.25) is 0 Å². The first kappa shape index (κ1) is 12.9. The van der Waals surface area contributed by atoms with E-state index in [1.807, 2.05) is 54.6 Å². The van der Waals surface area contributed by atoms with Gasteiger partial charge in [-0.25, -0.2) is 0 Å². The molecule has 2 aromatic rings. The van der Waals surface area contributed by atoms with E-state index in [4.69, 9.17) is 4.74 Å². The van der Waals surface area contributed by atoms with Crippen molar-refractivity contribution in [1.82, 2.24) is 0 Å². The summed E-state index contributed by atoms with van der Waals surface area (Å²) in [5.41, 5.74) is 2.16. The highest BCUT2D eigenvalue weighted by Gasteiger charge is 2.44. The van der Waals surface area contributed by atoms with E-state index < -0.39 is 11.4 Å². The zero-order chi connectivity index (χ0) is 14.0. The fourth-order valence-electron chi connectivity index (χ4n) is 2.70. The lowest BCUT2D eigenvalue weighted by atomic mass is 9.79. The van der Waals surface area contributed by atoms with E-state index in [0.29, 0.717) is 13.0 Å². The van der Waals surface area contributed by atoms with E-state index in [1.54, 1.807) is 0 Å². The number of aliphatic carboxylic acids is 1. The van der Waals surface area contributed by atoms with Crippen LogP contribution in [-0.2, 0) is 14.9 Å². The number of carboxylic acid groups (broad SMARTS) is 1. The van der Waals surface area contributed by atoms with Crippen molar-refractivity contribution in [1.29, 1.82) is 0 Å². The van der Waals surface area contributed by atoms with Gasteiger partial charge in [-0.15, -0.1) is 0 Å². The molecule has 0 radical (unpaired) electrons. The van der Waals surface area contributed by atoms with Gasteiger partial charge in [-0.3, -0.25) is 4.79 Å². The predicted octanol–water partition coefficient (Wildman–Crippen LogP) is 3.10. The molecule has 3 heteroatoms. The molecule has 0 spiro atoms. The lowest BCUT2D eigenvalue weighted by molar-refractivity contribution is -0.143. The fourth-order valence-corrected chi connectivity index (χ4v) is 2.70. The number of hydrogen-bond donors (Lipinski definition) is 1. The highest BCUT2D eigenvalue weighted by atomic mass is 16.5. The number of carbonyl (C=O) groups is 1. The maximum Gasteiger partial charge on any atom is 0.316 e. The quantitative estimate of drug-likeness (QED) is 0.930. The second kappa shape index (κ2) is 5.10. The lowest BCUT2D eigenvalue weighted by Crippen LogP contribution is -2.36. The lowest BCUT2D eigenvalue weighted by Gasteiger charge is -2.22. The van der Waals surface area contributed by atoms with Crippen LogP contribution in [0.15, 0.2) is 54.6 Å². The van der Waals surface area contributed by atoms with Crippen LogP contribution in [0.5, 0.6) is 0 Å². The van der Waals surface area contributed by atoms with Crippen LogP contribution in [0.2, 0.25) is 0 Å². The summed E-state index contributed by atoms with van der Waals surface area (Å²) in [7, 11) is 0. The minimum absolute atomic E-state index is 0.257. The Hall–Kier alpha value is -2.13. The normalized spacial score (nSPS) is 21.8. The van der Waals surface area contributed by atoms with Crippen LogP contribution in [0.3, 0.4) is 0 Å². The largest absolute Gasteiger partial charge is 0.481 e. The Morgan fingerprint density at radius 2 is 1.65 bits per heavy atom. The summed E-state index contributed by atoms with van der Waals surface area (Å²) in [6.45, 7) is 0.764. The summed E-state index contributed by atoms with van der Waals surface area (Å²) >= 11 is 0. The van der Waals surface area contributed by atoms with E-state index in [1.165, 1.54) is 0 Å². The average molecular weight is 268 g/mol.